The minimum atomic E-state index is -0.238. The van der Waals surface area contributed by atoms with Crippen LogP contribution in [0.3, 0.4) is 0 Å². The van der Waals surface area contributed by atoms with Gasteiger partial charge in [0.1, 0.15) is 0 Å². The predicted octanol–water partition coefficient (Wildman–Crippen LogP) is 5.75. The van der Waals surface area contributed by atoms with Crippen LogP contribution < -0.4 is 0 Å². The Labute approximate surface area is 169 Å². The molecule has 7 atom stereocenters. The second-order valence-corrected chi connectivity index (χ2v) is 10.2. The van der Waals surface area contributed by atoms with Gasteiger partial charge in [-0.25, -0.2) is 0 Å². The van der Waals surface area contributed by atoms with Gasteiger partial charge in [-0.05, 0) is 78.2 Å². The lowest BCUT2D eigenvalue weighted by Gasteiger charge is -2.59. The summed E-state index contributed by atoms with van der Waals surface area (Å²) in [6.45, 7) is 4.90. The first kappa shape index (κ1) is 18.2. The first-order valence-electron chi connectivity index (χ1n) is 11.0. The van der Waals surface area contributed by atoms with Crippen molar-refractivity contribution in [2.75, 3.05) is 0 Å². The Hall–Kier alpha value is -1.85. The highest BCUT2D eigenvalue weighted by Crippen LogP contribution is 2.66. The number of aliphatic hydroxyl groups excluding tert-OH is 1. The maximum absolute atomic E-state index is 10.3. The molecule has 0 unspecified atom stereocenters. The van der Waals surface area contributed by atoms with E-state index >= 15 is 0 Å². The van der Waals surface area contributed by atoms with Gasteiger partial charge in [0.05, 0.1) is 12.2 Å². The van der Waals surface area contributed by atoms with Gasteiger partial charge in [0.2, 0.25) is 0 Å². The molecule has 1 aromatic rings. The van der Waals surface area contributed by atoms with E-state index in [1.165, 1.54) is 24.0 Å². The van der Waals surface area contributed by atoms with E-state index < -0.39 is 0 Å². The van der Waals surface area contributed by atoms with Gasteiger partial charge < -0.3 is 5.11 Å². The summed E-state index contributed by atoms with van der Waals surface area (Å²) in [7, 11) is 0. The van der Waals surface area contributed by atoms with Crippen molar-refractivity contribution in [3.63, 3.8) is 0 Å². The fourth-order valence-corrected chi connectivity index (χ4v) is 7.51. The van der Waals surface area contributed by atoms with E-state index in [9.17, 15) is 10.4 Å². The number of allylic oxidation sites excluding steroid dienone is 4. The minimum absolute atomic E-state index is 0.167. The summed E-state index contributed by atoms with van der Waals surface area (Å²) in [5, 5.41) is 20.2. The second-order valence-electron chi connectivity index (χ2n) is 10.2. The molecule has 4 aliphatic carbocycles. The Morgan fingerprint density at radius 3 is 2.61 bits per heavy atom. The number of fused-ring (bicyclic) bond motifs is 5. The highest BCUT2D eigenvalue weighted by atomic mass is 16.3. The second kappa shape index (κ2) is 6.33. The Morgan fingerprint density at radius 2 is 1.86 bits per heavy atom. The molecule has 2 heteroatoms. The molecule has 0 saturated heterocycles. The molecule has 28 heavy (non-hydrogen) atoms. The van der Waals surface area contributed by atoms with Crippen molar-refractivity contribution in [1.29, 1.82) is 5.26 Å². The van der Waals surface area contributed by atoms with E-state index in [-0.39, 0.29) is 22.9 Å². The van der Waals surface area contributed by atoms with E-state index in [0.29, 0.717) is 17.8 Å². The van der Waals surface area contributed by atoms with Crippen molar-refractivity contribution in [3.8, 4) is 6.07 Å². The van der Waals surface area contributed by atoms with Crippen molar-refractivity contribution in [2.24, 2.45) is 34.5 Å². The van der Waals surface area contributed by atoms with Crippen molar-refractivity contribution in [2.45, 2.75) is 58.5 Å². The molecular formula is C26H31NO. The summed E-state index contributed by atoms with van der Waals surface area (Å²) >= 11 is 0. The zero-order valence-electron chi connectivity index (χ0n) is 17.1. The monoisotopic (exact) mass is 373 g/mol. The topological polar surface area (TPSA) is 44.0 Å². The van der Waals surface area contributed by atoms with Crippen LogP contribution in [0.25, 0.3) is 5.57 Å². The van der Waals surface area contributed by atoms with E-state index in [1.54, 1.807) is 0 Å². The average molecular weight is 374 g/mol. The van der Waals surface area contributed by atoms with Crippen LogP contribution in [0.5, 0.6) is 0 Å². The van der Waals surface area contributed by atoms with Crippen LogP contribution in [0.4, 0.5) is 0 Å². The summed E-state index contributed by atoms with van der Waals surface area (Å²) in [4.78, 5) is 0. The van der Waals surface area contributed by atoms with Gasteiger partial charge in [-0.3, -0.25) is 0 Å². The van der Waals surface area contributed by atoms with Crippen LogP contribution in [0.1, 0.15) is 57.9 Å². The van der Waals surface area contributed by atoms with Crippen LogP contribution in [-0.4, -0.2) is 11.2 Å². The fourth-order valence-electron chi connectivity index (χ4n) is 7.51. The number of nitriles is 1. The zero-order valence-corrected chi connectivity index (χ0v) is 17.1. The number of hydrogen-bond acceptors (Lipinski definition) is 2. The van der Waals surface area contributed by atoms with E-state index in [1.807, 2.05) is 0 Å². The van der Waals surface area contributed by atoms with Gasteiger partial charge in [0.15, 0.2) is 0 Å². The molecule has 146 valence electrons. The van der Waals surface area contributed by atoms with Crippen LogP contribution >= 0.6 is 0 Å². The largest absolute Gasteiger partial charge is 0.393 e. The summed E-state index contributed by atoms with van der Waals surface area (Å²) in [6, 6.07) is 13.4. The van der Waals surface area contributed by atoms with Crippen LogP contribution in [0.15, 0.2) is 48.1 Å². The quantitative estimate of drug-likeness (QED) is 0.681. The number of benzene rings is 1. The molecule has 1 aromatic carbocycles. The number of aliphatic hydroxyl groups is 1. The number of hydrogen-bond donors (Lipinski definition) is 1. The molecule has 1 N–H and O–H groups in total. The molecule has 0 aliphatic heterocycles. The Balaban J connectivity index is 1.54. The van der Waals surface area contributed by atoms with Crippen molar-refractivity contribution >= 4 is 5.57 Å². The number of rotatable bonds is 1. The van der Waals surface area contributed by atoms with E-state index in [4.69, 9.17) is 0 Å². The molecule has 2 fully saturated rings. The molecule has 4 aliphatic rings. The summed E-state index contributed by atoms with van der Waals surface area (Å²) in [6.07, 6.45) is 10.9. The van der Waals surface area contributed by atoms with Gasteiger partial charge in [-0.1, -0.05) is 56.3 Å². The van der Waals surface area contributed by atoms with Gasteiger partial charge in [0.25, 0.3) is 0 Å². The molecule has 0 heterocycles. The van der Waals surface area contributed by atoms with Crippen molar-refractivity contribution < 1.29 is 5.11 Å². The summed E-state index contributed by atoms with van der Waals surface area (Å²) in [5.41, 5.74) is 4.23. The molecule has 0 aromatic heterocycles. The fraction of sp³-hybridized carbons (Fsp3) is 0.577. The van der Waals surface area contributed by atoms with Crippen LogP contribution in [0, 0.1) is 45.8 Å². The molecule has 2 saturated carbocycles. The smallest absolute Gasteiger partial charge is 0.0947 e. The standard InChI is InChI=1S/C26H31NO/c1-25-13-11-23-20(22(25)9-8-21(25)17-6-4-3-5-7-17)14-18(16-27)24-15-19(28)10-12-26(23,24)2/h3-8,14,19-20,22-24,28H,9-13,15H2,1-2H3/t19-,20-,22-,23-,24+,25+,26+/m0/s1. The molecule has 2 nitrogen and oxygen atoms in total. The molecule has 0 bridgehead atoms. The molecule has 0 radical (unpaired) electrons. The van der Waals surface area contributed by atoms with Gasteiger partial charge in [-0.2, -0.15) is 5.26 Å². The maximum atomic E-state index is 10.3. The maximum Gasteiger partial charge on any atom is 0.0947 e. The van der Waals surface area contributed by atoms with Crippen molar-refractivity contribution in [1.82, 2.24) is 0 Å². The lowest BCUT2D eigenvalue weighted by molar-refractivity contribution is -0.0653. The lowest BCUT2D eigenvalue weighted by atomic mass is 9.45. The first-order valence-corrected chi connectivity index (χ1v) is 11.0. The minimum Gasteiger partial charge on any atom is -0.393 e. The SMILES string of the molecule is C[C@]12CC[C@H](O)C[C@@H]1C(C#N)=C[C@@H]1[C@@H]2CC[C@]2(C)C(c3ccccc3)=CC[C@@H]12. The lowest BCUT2D eigenvalue weighted by Crippen LogP contribution is -2.52. The Morgan fingerprint density at radius 1 is 1.07 bits per heavy atom. The summed E-state index contributed by atoms with van der Waals surface area (Å²) < 4.78 is 0. The highest BCUT2D eigenvalue weighted by molar-refractivity contribution is 5.73. The van der Waals surface area contributed by atoms with Gasteiger partial charge in [-0.15, -0.1) is 0 Å². The third-order valence-electron chi connectivity index (χ3n) is 9.04. The summed E-state index contributed by atoms with van der Waals surface area (Å²) in [5.74, 6) is 1.97. The predicted molar refractivity (Wildman–Crippen MR) is 112 cm³/mol. The van der Waals surface area contributed by atoms with E-state index in [2.05, 4.69) is 62.4 Å². The zero-order chi connectivity index (χ0) is 19.5. The van der Waals surface area contributed by atoms with Gasteiger partial charge in [0, 0.05) is 11.5 Å². The molecule has 5 rings (SSSR count). The van der Waals surface area contributed by atoms with Crippen LogP contribution in [0.2, 0.25) is 0 Å². The van der Waals surface area contributed by atoms with Crippen LogP contribution in [-0.2, 0) is 0 Å². The molecule has 0 spiro atoms. The highest BCUT2D eigenvalue weighted by Gasteiger charge is 2.58. The molecular weight excluding hydrogens is 342 g/mol. The Bertz CT molecular complexity index is 877. The third kappa shape index (κ3) is 2.42. The third-order valence-corrected chi connectivity index (χ3v) is 9.04. The van der Waals surface area contributed by atoms with E-state index in [0.717, 1.165) is 31.3 Å². The normalized spacial score (nSPS) is 44.4. The Kier molecular flexibility index (Phi) is 4.11. The first-order chi connectivity index (χ1) is 13.5. The van der Waals surface area contributed by atoms with Crippen molar-refractivity contribution in [3.05, 3.63) is 53.6 Å². The average Bonchev–Trinajstić information content (AvgIpc) is 3.06. The molecule has 0 amide bonds. The number of nitrogens with zero attached hydrogens (tertiary/aromatic N) is 1. The van der Waals surface area contributed by atoms with Gasteiger partial charge >= 0.3 is 0 Å².